The van der Waals surface area contributed by atoms with Gasteiger partial charge in [-0.1, -0.05) is 12.8 Å². The summed E-state index contributed by atoms with van der Waals surface area (Å²) in [6.45, 7) is 2.58. The van der Waals surface area contributed by atoms with Crippen LogP contribution >= 0.6 is 0 Å². The number of hydrogen-bond acceptors (Lipinski definition) is 4. The maximum atomic E-state index is 11.9. The van der Waals surface area contributed by atoms with Crippen molar-refractivity contribution in [1.82, 2.24) is 5.01 Å². The standard InChI is InChI=1S/C16H16N2O3/c1-2-3-4-9-18-16(19)8-6-13(17-18)12-5-7-14-15(10-12)21-11-20-14/h5,7,10H,2,6,8-9,11H2,1H3. The molecule has 3 rings (SSSR count). The number of benzene rings is 1. The van der Waals surface area contributed by atoms with E-state index in [-0.39, 0.29) is 12.7 Å². The highest BCUT2D eigenvalue weighted by molar-refractivity contribution is 6.04. The lowest BCUT2D eigenvalue weighted by Gasteiger charge is -2.21. The summed E-state index contributed by atoms with van der Waals surface area (Å²) in [7, 11) is 0. The monoisotopic (exact) mass is 284 g/mol. The minimum absolute atomic E-state index is 0.0184. The molecule has 2 aliphatic rings. The van der Waals surface area contributed by atoms with Gasteiger partial charge in [0, 0.05) is 24.8 Å². The molecule has 0 spiro atoms. The van der Waals surface area contributed by atoms with Crippen molar-refractivity contribution in [2.24, 2.45) is 5.10 Å². The third-order valence-electron chi connectivity index (χ3n) is 3.34. The summed E-state index contributed by atoms with van der Waals surface area (Å²) in [6, 6.07) is 5.72. The average Bonchev–Trinajstić information content (AvgIpc) is 2.97. The van der Waals surface area contributed by atoms with Crippen LogP contribution in [0.1, 0.15) is 31.7 Å². The molecule has 0 radical (unpaired) electrons. The molecular weight excluding hydrogens is 268 g/mol. The first-order valence-electron chi connectivity index (χ1n) is 7.01. The van der Waals surface area contributed by atoms with Gasteiger partial charge < -0.3 is 9.47 Å². The Morgan fingerprint density at radius 3 is 2.95 bits per heavy atom. The molecule has 5 nitrogen and oxygen atoms in total. The Hall–Kier alpha value is -2.48. The molecule has 0 saturated heterocycles. The summed E-state index contributed by atoms with van der Waals surface area (Å²) < 4.78 is 10.7. The Morgan fingerprint density at radius 2 is 2.10 bits per heavy atom. The van der Waals surface area contributed by atoms with Crippen LogP contribution in [0.25, 0.3) is 0 Å². The maximum absolute atomic E-state index is 11.9. The largest absolute Gasteiger partial charge is 0.454 e. The van der Waals surface area contributed by atoms with Crippen LogP contribution in [0.2, 0.25) is 0 Å². The molecule has 21 heavy (non-hydrogen) atoms. The van der Waals surface area contributed by atoms with Crippen LogP contribution < -0.4 is 9.47 Å². The smallest absolute Gasteiger partial charge is 0.243 e. The van der Waals surface area contributed by atoms with Crippen LogP contribution in [-0.2, 0) is 4.79 Å². The minimum Gasteiger partial charge on any atom is -0.454 e. The van der Waals surface area contributed by atoms with Crippen molar-refractivity contribution in [2.75, 3.05) is 13.3 Å². The average molecular weight is 284 g/mol. The van der Waals surface area contributed by atoms with Crippen molar-refractivity contribution in [1.29, 1.82) is 0 Å². The van der Waals surface area contributed by atoms with Gasteiger partial charge in [0.2, 0.25) is 12.7 Å². The fourth-order valence-corrected chi connectivity index (χ4v) is 2.26. The molecule has 0 atom stereocenters. The van der Waals surface area contributed by atoms with Crippen LogP contribution in [0.15, 0.2) is 23.3 Å². The maximum Gasteiger partial charge on any atom is 0.243 e. The molecule has 0 fully saturated rings. The fourth-order valence-electron chi connectivity index (χ4n) is 2.26. The van der Waals surface area contributed by atoms with Gasteiger partial charge in [0.25, 0.3) is 0 Å². The minimum atomic E-state index is 0.0184. The van der Waals surface area contributed by atoms with Crippen LogP contribution in [-0.4, -0.2) is 30.0 Å². The molecule has 0 aliphatic carbocycles. The molecule has 0 unspecified atom stereocenters. The highest BCUT2D eigenvalue weighted by Crippen LogP contribution is 2.33. The predicted octanol–water partition coefficient (Wildman–Crippen LogP) is 2.16. The summed E-state index contributed by atoms with van der Waals surface area (Å²) in [5.74, 6) is 7.40. The number of hydrazone groups is 1. The normalized spacial score (nSPS) is 16.3. The molecule has 1 aromatic rings. The topological polar surface area (TPSA) is 51.1 Å². The number of amides is 1. The van der Waals surface area contributed by atoms with Crippen molar-refractivity contribution in [3.63, 3.8) is 0 Å². The van der Waals surface area contributed by atoms with E-state index >= 15 is 0 Å². The number of carbonyl (C=O) groups excluding carboxylic acids is 1. The Bertz CT molecular complexity index is 655. The first-order chi connectivity index (χ1) is 10.3. The Morgan fingerprint density at radius 1 is 1.24 bits per heavy atom. The number of ether oxygens (including phenoxy) is 2. The van der Waals surface area contributed by atoms with E-state index in [9.17, 15) is 4.79 Å². The van der Waals surface area contributed by atoms with Crippen molar-refractivity contribution < 1.29 is 14.3 Å². The zero-order valence-electron chi connectivity index (χ0n) is 11.9. The van der Waals surface area contributed by atoms with Gasteiger partial charge in [0.1, 0.15) is 6.54 Å². The number of fused-ring (bicyclic) bond motifs is 1. The van der Waals surface area contributed by atoms with Gasteiger partial charge in [0.15, 0.2) is 11.5 Å². The SMILES string of the molecule is CCC#CCN1N=C(c2ccc3c(c2)OCO3)CCC1=O. The van der Waals surface area contributed by atoms with Gasteiger partial charge in [-0.15, -0.1) is 5.92 Å². The summed E-state index contributed by atoms with van der Waals surface area (Å²) >= 11 is 0. The molecule has 0 aromatic heterocycles. The Kier molecular flexibility index (Phi) is 3.78. The lowest BCUT2D eigenvalue weighted by molar-refractivity contribution is -0.131. The molecule has 5 heteroatoms. The summed E-state index contributed by atoms with van der Waals surface area (Å²) in [4.78, 5) is 11.9. The van der Waals surface area contributed by atoms with Crippen LogP contribution in [0.4, 0.5) is 0 Å². The zero-order chi connectivity index (χ0) is 14.7. The van der Waals surface area contributed by atoms with Crippen molar-refractivity contribution in [3.8, 4) is 23.3 Å². The van der Waals surface area contributed by atoms with Crippen molar-refractivity contribution in [2.45, 2.75) is 26.2 Å². The lowest BCUT2D eigenvalue weighted by Crippen LogP contribution is -2.32. The number of nitrogens with zero attached hydrogens (tertiary/aromatic N) is 2. The lowest BCUT2D eigenvalue weighted by atomic mass is 10.0. The van der Waals surface area contributed by atoms with Crippen LogP contribution in [0, 0.1) is 11.8 Å². The van der Waals surface area contributed by atoms with Crippen molar-refractivity contribution in [3.05, 3.63) is 23.8 Å². The first-order valence-corrected chi connectivity index (χ1v) is 7.01. The number of hydrogen-bond donors (Lipinski definition) is 0. The molecule has 1 aromatic carbocycles. The van der Waals surface area contributed by atoms with E-state index in [2.05, 4.69) is 16.9 Å². The van der Waals surface area contributed by atoms with E-state index in [1.807, 2.05) is 25.1 Å². The first kappa shape index (κ1) is 13.5. The van der Waals surface area contributed by atoms with Crippen LogP contribution in [0.3, 0.4) is 0 Å². The third kappa shape index (κ3) is 2.84. The summed E-state index contributed by atoms with van der Waals surface area (Å²) in [5, 5.41) is 5.88. The second kappa shape index (κ2) is 5.88. The molecule has 0 saturated carbocycles. The van der Waals surface area contributed by atoms with Gasteiger partial charge >= 0.3 is 0 Å². The molecule has 2 aliphatic heterocycles. The number of rotatable bonds is 2. The van der Waals surface area contributed by atoms with Gasteiger partial charge in [-0.25, -0.2) is 5.01 Å². The highest BCUT2D eigenvalue weighted by Gasteiger charge is 2.22. The van der Waals surface area contributed by atoms with E-state index in [0.29, 0.717) is 19.4 Å². The van der Waals surface area contributed by atoms with Crippen LogP contribution in [0.5, 0.6) is 11.5 Å². The van der Waals surface area contributed by atoms with Gasteiger partial charge in [-0.2, -0.15) is 5.10 Å². The molecule has 2 heterocycles. The predicted molar refractivity (Wildman–Crippen MR) is 78.1 cm³/mol. The highest BCUT2D eigenvalue weighted by atomic mass is 16.7. The summed E-state index contributed by atoms with van der Waals surface area (Å²) in [5.41, 5.74) is 1.84. The van der Waals surface area contributed by atoms with E-state index in [1.54, 1.807) is 0 Å². The van der Waals surface area contributed by atoms with Gasteiger partial charge in [-0.05, 0) is 18.2 Å². The van der Waals surface area contributed by atoms with Gasteiger partial charge in [-0.3, -0.25) is 4.79 Å². The van der Waals surface area contributed by atoms with E-state index in [0.717, 1.165) is 29.2 Å². The second-order valence-electron chi connectivity index (χ2n) is 4.77. The summed E-state index contributed by atoms with van der Waals surface area (Å²) in [6.07, 6.45) is 1.87. The molecule has 0 bridgehead atoms. The van der Waals surface area contributed by atoms with E-state index in [1.165, 1.54) is 5.01 Å². The quantitative estimate of drug-likeness (QED) is 0.782. The molecule has 1 amide bonds. The number of carbonyl (C=O) groups is 1. The molecular formula is C16H16N2O3. The second-order valence-corrected chi connectivity index (χ2v) is 4.77. The van der Waals surface area contributed by atoms with E-state index < -0.39 is 0 Å². The van der Waals surface area contributed by atoms with E-state index in [4.69, 9.17) is 9.47 Å². The van der Waals surface area contributed by atoms with Crippen molar-refractivity contribution >= 4 is 11.6 Å². The Labute approximate surface area is 123 Å². The Balaban J connectivity index is 1.83. The molecule has 0 N–H and O–H groups in total. The fraction of sp³-hybridized carbons (Fsp3) is 0.375. The molecule has 108 valence electrons. The zero-order valence-corrected chi connectivity index (χ0v) is 11.9. The van der Waals surface area contributed by atoms with Gasteiger partial charge in [0.05, 0.1) is 5.71 Å². The third-order valence-corrected chi connectivity index (χ3v) is 3.34.